The molecule has 0 rings (SSSR count). The van der Waals surface area contributed by atoms with Crippen LogP contribution in [0, 0.1) is 16.2 Å². The van der Waals surface area contributed by atoms with Crippen LogP contribution in [0.3, 0.4) is 0 Å². The minimum Gasteiger partial charge on any atom is -0.465 e. The molecule has 0 fully saturated rings. The van der Waals surface area contributed by atoms with E-state index in [1.165, 1.54) is 20.8 Å². The molecule has 0 aliphatic heterocycles. The quantitative estimate of drug-likeness (QED) is 0.0178. The predicted octanol–water partition coefficient (Wildman–Crippen LogP) is 1.66. The zero-order valence-corrected chi connectivity index (χ0v) is 41.0. The van der Waals surface area contributed by atoms with Gasteiger partial charge in [0.15, 0.2) is 0 Å². The topological polar surface area (TPSA) is 294 Å². The number of likely N-dealkylation sites (N-methyl/N-ethyl adjacent to an activating group) is 4. The van der Waals surface area contributed by atoms with E-state index < -0.39 is 98.2 Å². The maximum Gasteiger partial charge on any atom is 0.407 e. The summed E-state index contributed by atoms with van der Waals surface area (Å²) in [4.78, 5) is 102. The van der Waals surface area contributed by atoms with E-state index in [2.05, 4.69) is 31.3 Å². The van der Waals surface area contributed by atoms with E-state index in [1.54, 1.807) is 0 Å². The van der Waals surface area contributed by atoms with E-state index in [9.17, 15) is 33.6 Å². The van der Waals surface area contributed by atoms with Crippen LogP contribution in [0.1, 0.15) is 46.5 Å². The molecule has 0 bridgehead atoms. The van der Waals surface area contributed by atoms with Gasteiger partial charge in [0.2, 0.25) is 0 Å². The number of unbranched alkanes of at least 4 members (excludes halogenated alkanes) is 3. The van der Waals surface area contributed by atoms with Crippen LogP contribution in [0.15, 0.2) is 5.11 Å². The molecule has 0 unspecified atom stereocenters. The lowest BCUT2D eigenvalue weighted by atomic mass is 9.90. The zero-order valence-electron chi connectivity index (χ0n) is 41.0. The lowest BCUT2D eigenvalue weighted by Gasteiger charge is -2.32. The van der Waals surface area contributed by atoms with Crippen molar-refractivity contribution in [2.24, 2.45) is 21.4 Å². The second-order valence-corrected chi connectivity index (χ2v) is 17.6. The van der Waals surface area contributed by atoms with Gasteiger partial charge in [0.1, 0.15) is 55.9 Å². The third kappa shape index (κ3) is 28.5. The Morgan fingerprint density at radius 2 is 0.712 bits per heavy atom. The molecule has 0 aromatic carbocycles. The van der Waals surface area contributed by atoms with Gasteiger partial charge in [-0.2, -0.15) is 0 Å². The number of carbonyl (C=O) groups excluding carboxylic acids is 7. The van der Waals surface area contributed by atoms with Crippen LogP contribution in [0.5, 0.6) is 0 Å². The fourth-order valence-electron chi connectivity index (χ4n) is 4.93. The van der Waals surface area contributed by atoms with Crippen molar-refractivity contribution in [2.75, 3.05) is 162 Å². The van der Waals surface area contributed by atoms with Gasteiger partial charge in [0, 0.05) is 63.8 Å². The zero-order chi connectivity index (χ0) is 50.2. The average molecular weight is 948 g/mol. The number of rotatable bonds is 34. The monoisotopic (exact) mass is 948 g/mol. The lowest BCUT2D eigenvalue weighted by molar-refractivity contribution is -0.179. The van der Waals surface area contributed by atoms with Crippen LogP contribution in [-0.2, 0) is 47.5 Å². The molecule has 0 aromatic rings. The second-order valence-electron chi connectivity index (χ2n) is 17.6. The van der Waals surface area contributed by atoms with Gasteiger partial charge in [-0.05, 0) is 95.5 Å². The highest BCUT2D eigenvalue weighted by Crippen LogP contribution is 2.28. The second kappa shape index (κ2) is 33.2. The van der Waals surface area contributed by atoms with Crippen molar-refractivity contribution in [3.05, 3.63) is 10.4 Å². The number of esters is 3. The van der Waals surface area contributed by atoms with Crippen molar-refractivity contribution in [1.29, 1.82) is 0 Å². The van der Waals surface area contributed by atoms with E-state index in [-0.39, 0.29) is 32.8 Å². The molecule has 25 heteroatoms. The van der Waals surface area contributed by atoms with Gasteiger partial charge in [-0.15, -0.1) is 0 Å². The largest absolute Gasteiger partial charge is 0.465 e. The Morgan fingerprint density at radius 3 is 1.00 bits per heavy atom. The van der Waals surface area contributed by atoms with Crippen molar-refractivity contribution < 1.29 is 66.7 Å². The molecule has 0 heterocycles. The van der Waals surface area contributed by atoms with Gasteiger partial charge in [0.05, 0.1) is 6.61 Å². The van der Waals surface area contributed by atoms with Crippen LogP contribution in [0.2, 0.25) is 0 Å². The van der Waals surface area contributed by atoms with Gasteiger partial charge < -0.3 is 74.0 Å². The SMILES string of the molecule is CN(C)CCNC(=O)OCC(C)(COC(=O)NCCN(C)C)C(=O)OCC(C)(COC(=O)C(C)(COC(=O)NCCN(C)C)COC(=O)NCCN(C)C)C(=O)OCCCCCCN=[N+]=[N-]. The smallest absolute Gasteiger partial charge is 0.407 e. The van der Waals surface area contributed by atoms with Crippen molar-refractivity contribution >= 4 is 42.3 Å². The summed E-state index contributed by atoms with van der Waals surface area (Å²) in [6, 6.07) is 0. The highest BCUT2D eigenvalue weighted by atomic mass is 16.6. The molecule has 0 radical (unpaired) electrons. The van der Waals surface area contributed by atoms with Crippen molar-refractivity contribution in [1.82, 2.24) is 40.9 Å². The highest BCUT2D eigenvalue weighted by molar-refractivity contribution is 5.82. The molecule has 0 aromatic heterocycles. The molecule has 4 amide bonds. The summed E-state index contributed by atoms with van der Waals surface area (Å²) in [6.07, 6.45) is -1.02. The van der Waals surface area contributed by atoms with Gasteiger partial charge >= 0.3 is 42.3 Å². The number of amides is 4. The van der Waals surface area contributed by atoms with Crippen molar-refractivity contribution in [3.63, 3.8) is 0 Å². The molecule has 0 atom stereocenters. The molecular formula is C41H77N11O14. The first-order valence-corrected chi connectivity index (χ1v) is 21.7. The summed E-state index contributed by atoms with van der Waals surface area (Å²) in [5.41, 5.74) is 3.02. The lowest BCUT2D eigenvalue weighted by Crippen LogP contribution is -2.47. The molecule has 0 saturated heterocycles. The minimum absolute atomic E-state index is 0.0611. The van der Waals surface area contributed by atoms with Gasteiger partial charge in [-0.25, -0.2) is 19.2 Å². The number of nitrogens with zero attached hydrogens (tertiary/aromatic N) is 7. The summed E-state index contributed by atoms with van der Waals surface area (Å²) in [7, 11) is 14.5. The summed E-state index contributed by atoms with van der Waals surface area (Å²) in [5.74, 6) is -2.99. The number of azide groups is 1. The van der Waals surface area contributed by atoms with E-state index in [1.807, 2.05) is 76.0 Å². The van der Waals surface area contributed by atoms with Crippen molar-refractivity contribution in [2.45, 2.75) is 46.5 Å². The fourth-order valence-corrected chi connectivity index (χ4v) is 4.93. The first-order chi connectivity index (χ1) is 31.0. The van der Waals surface area contributed by atoms with E-state index >= 15 is 0 Å². The summed E-state index contributed by atoms with van der Waals surface area (Å²) in [6.45, 7) is 3.29. The Hall–Kier alpha value is -5.36. The standard InChI is InChI=1S/C41H77N11O14/c1-39(32(53)60-25-15-13-12-14-16-47-48-42,26-61-33(54)40(2,28-63-35(56)43-17-21-49(4)5)29-64-36(57)44-18-22-50(6)7)27-62-34(55)41(3,30-65-37(58)45-19-23-51(8)9)31-66-38(59)46-20-24-52(10)11/h12-31H2,1-11H3,(H,43,56)(H,44,57)(H,45,58)(H,46,59). The maximum absolute atomic E-state index is 13.9. The number of ether oxygens (including phenoxy) is 7. The first kappa shape index (κ1) is 60.6. The minimum atomic E-state index is -1.88. The van der Waals surface area contributed by atoms with Crippen LogP contribution in [0.4, 0.5) is 19.2 Å². The van der Waals surface area contributed by atoms with Crippen LogP contribution in [0.25, 0.3) is 10.4 Å². The highest BCUT2D eigenvalue weighted by Gasteiger charge is 2.45. The van der Waals surface area contributed by atoms with Gasteiger partial charge in [-0.3, -0.25) is 14.4 Å². The molecule has 66 heavy (non-hydrogen) atoms. The third-order valence-corrected chi connectivity index (χ3v) is 9.37. The number of hydrogen-bond acceptors (Lipinski definition) is 19. The van der Waals surface area contributed by atoms with E-state index in [0.717, 1.165) is 0 Å². The summed E-state index contributed by atoms with van der Waals surface area (Å²) < 4.78 is 38.3. The Bertz CT molecular complexity index is 1400. The Morgan fingerprint density at radius 1 is 0.439 bits per heavy atom. The molecule has 0 aliphatic carbocycles. The number of hydrogen-bond donors (Lipinski definition) is 4. The molecule has 4 N–H and O–H groups in total. The van der Waals surface area contributed by atoms with Gasteiger partial charge in [-0.1, -0.05) is 18.0 Å². The van der Waals surface area contributed by atoms with E-state index in [4.69, 9.17) is 38.7 Å². The fraction of sp³-hybridized carbons (Fsp3) is 0.829. The van der Waals surface area contributed by atoms with Gasteiger partial charge in [0.25, 0.3) is 0 Å². The Labute approximate surface area is 389 Å². The summed E-state index contributed by atoms with van der Waals surface area (Å²) >= 11 is 0. The van der Waals surface area contributed by atoms with Crippen LogP contribution in [-0.4, -0.2) is 223 Å². The number of carbonyl (C=O) groups is 7. The van der Waals surface area contributed by atoms with Crippen LogP contribution < -0.4 is 21.3 Å². The predicted molar refractivity (Wildman–Crippen MR) is 241 cm³/mol. The van der Waals surface area contributed by atoms with E-state index in [0.29, 0.717) is 58.4 Å². The average Bonchev–Trinajstić information content (AvgIpc) is 3.24. The number of alkyl carbamates (subject to hydrolysis) is 4. The number of nitrogens with one attached hydrogen (secondary N) is 4. The Balaban J connectivity index is 6.47. The van der Waals surface area contributed by atoms with Crippen molar-refractivity contribution in [3.8, 4) is 0 Å². The molecule has 0 spiro atoms. The molecule has 25 nitrogen and oxygen atoms in total. The maximum atomic E-state index is 13.9. The molecule has 380 valence electrons. The molecular weight excluding hydrogens is 871 g/mol. The third-order valence-electron chi connectivity index (χ3n) is 9.37. The summed E-state index contributed by atoms with van der Waals surface area (Å²) in [5, 5.41) is 13.8. The molecule has 0 aliphatic rings. The Kier molecular flexibility index (Phi) is 30.5. The normalized spacial score (nSPS) is 11.6. The van der Waals surface area contributed by atoms with Crippen LogP contribution >= 0.6 is 0 Å². The molecule has 0 saturated carbocycles. The first-order valence-electron chi connectivity index (χ1n) is 21.7.